The van der Waals surface area contributed by atoms with Gasteiger partial charge in [-0.2, -0.15) is 10.2 Å². The van der Waals surface area contributed by atoms with Gasteiger partial charge in [0, 0.05) is 19.2 Å². The first-order chi connectivity index (χ1) is 13.6. The summed E-state index contributed by atoms with van der Waals surface area (Å²) >= 11 is 0. The number of rotatable bonds is 6. The number of piperidine rings is 1. The van der Waals surface area contributed by atoms with Crippen molar-refractivity contribution in [3.8, 4) is 11.9 Å². The van der Waals surface area contributed by atoms with Gasteiger partial charge in [0.2, 0.25) is 11.8 Å². The number of aryl methyl sites for hydroxylation is 1. The van der Waals surface area contributed by atoms with Gasteiger partial charge in [-0.05, 0) is 50.4 Å². The van der Waals surface area contributed by atoms with Crippen LogP contribution in [0.15, 0.2) is 18.5 Å². The minimum absolute atomic E-state index is 0.337. The highest BCUT2D eigenvalue weighted by Gasteiger charge is 2.43. The molecule has 0 radical (unpaired) electrons. The minimum atomic E-state index is -0.400. The lowest BCUT2D eigenvalue weighted by atomic mass is 9.90. The van der Waals surface area contributed by atoms with Crippen LogP contribution in [0.1, 0.15) is 37.2 Å². The molecule has 7 nitrogen and oxygen atoms in total. The maximum absolute atomic E-state index is 13.0. The predicted octanol–water partition coefficient (Wildman–Crippen LogP) is 2.91. The van der Waals surface area contributed by atoms with Crippen molar-refractivity contribution < 1.29 is 9.13 Å². The van der Waals surface area contributed by atoms with Gasteiger partial charge < -0.3 is 9.64 Å². The highest BCUT2D eigenvalue weighted by molar-refractivity contribution is 5.29. The summed E-state index contributed by atoms with van der Waals surface area (Å²) in [6.07, 6.45) is 6.97. The van der Waals surface area contributed by atoms with E-state index in [9.17, 15) is 4.39 Å². The molecule has 0 unspecified atom stereocenters. The first-order valence-corrected chi connectivity index (χ1v) is 9.73. The fourth-order valence-corrected chi connectivity index (χ4v) is 4.16. The summed E-state index contributed by atoms with van der Waals surface area (Å²) in [7, 11) is 0. The number of nitrogens with zero attached hydrogens (tertiary/aromatic N) is 6. The second-order valence-electron chi connectivity index (χ2n) is 7.57. The van der Waals surface area contributed by atoms with Crippen LogP contribution in [-0.4, -0.2) is 39.6 Å². The Morgan fingerprint density at radius 1 is 1.25 bits per heavy atom. The molecule has 1 aliphatic carbocycles. The van der Waals surface area contributed by atoms with E-state index in [1.807, 2.05) is 6.07 Å². The van der Waals surface area contributed by atoms with Crippen LogP contribution in [0.5, 0.6) is 5.88 Å². The molecule has 4 rings (SSSR count). The Morgan fingerprint density at radius 2 is 2.00 bits per heavy atom. The fourth-order valence-electron chi connectivity index (χ4n) is 4.16. The molecule has 2 aromatic rings. The van der Waals surface area contributed by atoms with Gasteiger partial charge in [-0.25, -0.2) is 19.3 Å². The van der Waals surface area contributed by atoms with Crippen molar-refractivity contribution in [2.45, 2.75) is 32.6 Å². The molecule has 2 aromatic heterocycles. The van der Waals surface area contributed by atoms with Crippen molar-refractivity contribution in [3.63, 3.8) is 0 Å². The average molecular weight is 382 g/mol. The van der Waals surface area contributed by atoms with Crippen LogP contribution in [0.2, 0.25) is 0 Å². The molecule has 0 bridgehead atoms. The van der Waals surface area contributed by atoms with Crippen LogP contribution in [0.25, 0.3) is 0 Å². The summed E-state index contributed by atoms with van der Waals surface area (Å²) < 4.78 is 18.7. The third-order valence-corrected chi connectivity index (χ3v) is 5.68. The van der Waals surface area contributed by atoms with Crippen molar-refractivity contribution in [2.24, 2.45) is 17.8 Å². The highest BCUT2D eigenvalue weighted by atomic mass is 19.1. The van der Waals surface area contributed by atoms with Crippen molar-refractivity contribution >= 4 is 5.95 Å². The van der Waals surface area contributed by atoms with Crippen LogP contribution in [0.3, 0.4) is 0 Å². The zero-order valence-corrected chi connectivity index (χ0v) is 15.9. The Balaban J connectivity index is 1.20. The standard InChI is InChI=1S/C20H23FN6O/c1-13-25-17(10-22)9-19(26-13)28-7-4-15-8-18(15)14-2-5-27(6-3-14)20-23-11-16(21)12-24-20/h9,11-12,14-15,18H,2-8H2,1H3/t15-,18-/m1/s1. The second-order valence-corrected chi connectivity index (χ2v) is 7.57. The van der Waals surface area contributed by atoms with E-state index in [-0.39, 0.29) is 0 Å². The van der Waals surface area contributed by atoms with Gasteiger partial charge in [0.1, 0.15) is 17.6 Å². The molecule has 1 aliphatic heterocycles. The Labute approximate surface area is 163 Å². The average Bonchev–Trinajstić information content (AvgIpc) is 3.48. The van der Waals surface area contributed by atoms with E-state index in [1.165, 1.54) is 18.8 Å². The largest absolute Gasteiger partial charge is 0.478 e. The monoisotopic (exact) mass is 382 g/mol. The molecular weight excluding hydrogens is 359 g/mol. The fraction of sp³-hybridized carbons (Fsp3) is 0.550. The SMILES string of the molecule is Cc1nc(C#N)cc(OCC[C@@H]2C[C@@H]2C2CCN(c3ncc(F)cn3)CC2)n1. The van der Waals surface area contributed by atoms with E-state index in [0.29, 0.717) is 35.9 Å². The number of anilines is 1. The van der Waals surface area contributed by atoms with Crippen LogP contribution >= 0.6 is 0 Å². The van der Waals surface area contributed by atoms with Gasteiger partial charge in [-0.3, -0.25) is 0 Å². The van der Waals surface area contributed by atoms with Gasteiger partial charge in [-0.1, -0.05) is 0 Å². The number of hydrogen-bond acceptors (Lipinski definition) is 7. The molecule has 0 N–H and O–H groups in total. The Morgan fingerprint density at radius 3 is 2.71 bits per heavy atom. The normalized spacial score (nSPS) is 22.0. The summed E-state index contributed by atoms with van der Waals surface area (Å²) in [4.78, 5) is 18.6. The molecule has 0 spiro atoms. The van der Waals surface area contributed by atoms with Gasteiger partial charge in [0.05, 0.1) is 19.0 Å². The number of ether oxygens (including phenoxy) is 1. The molecule has 1 saturated carbocycles. The molecule has 2 aliphatic rings. The topological polar surface area (TPSA) is 87.8 Å². The number of aromatic nitrogens is 4. The zero-order chi connectivity index (χ0) is 19.5. The van der Waals surface area contributed by atoms with Gasteiger partial charge in [0.15, 0.2) is 5.82 Å². The summed E-state index contributed by atoms with van der Waals surface area (Å²) in [6, 6.07) is 3.61. The smallest absolute Gasteiger partial charge is 0.225 e. The van der Waals surface area contributed by atoms with E-state index in [2.05, 4.69) is 24.8 Å². The zero-order valence-electron chi connectivity index (χ0n) is 15.9. The summed E-state index contributed by atoms with van der Waals surface area (Å²) in [6.45, 7) is 4.22. The van der Waals surface area contributed by atoms with Crippen LogP contribution in [0, 0.1) is 41.8 Å². The minimum Gasteiger partial charge on any atom is -0.478 e. The van der Waals surface area contributed by atoms with Crippen molar-refractivity contribution in [3.05, 3.63) is 35.8 Å². The molecule has 3 heterocycles. The maximum Gasteiger partial charge on any atom is 0.225 e. The summed E-state index contributed by atoms with van der Waals surface area (Å²) in [5.74, 6) is 3.45. The first kappa shape index (κ1) is 18.5. The molecule has 0 aromatic carbocycles. The molecule has 28 heavy (non-hydrogen) atoms. The Hall–Kier alpha value is -2.82. The van der Waals surface area contributed by atoms with Crippen LogP contribution < -0.4 is 9.64 Å². The third kappa shape index (κ3) is 4.35. The molecule has 8 heteroatoms. The molecule has 0 amide bonds. The van der Waals surface area contributed by atoms with E-state index in [4.69, 9.17) is 10.00 Å². The summed E-state index contributed by atoms with van der Waals surface area (Å²) in [5.41, 5.74) is 0.337. The summed E-state index contributed by atoms with van der Waals surface area (Å²) in [5, 5.41) is 8.97. The quantitative estimate of drug-likeness (QED) is 0.759. The van der Waals surface area contributed by atoms with E-state index < -0.39 is 5.82 Å². The van der Waals surface area contributed by atoms with Crippen molar-refractivity contribution in [1.82, 2.24) is 19.9 Å². The number of hydrogen-bond donors (Lipinski definition) is 0. The number of halogens is 1. The lowest BCUT2D eigenvalue weighted by molar-refractivity contribution is 0.275. The lowest BCUT2D eigenvalue weighted by Crippen LogP contribution is -2.35. The lowest BCUT2D eigenvalue weighted by Gasteiger charge is -2.32. The molecule has 2 atom stereocenters. The van der Waals surface area contributed by atoms with E-state index >= 15 is 0 Å². The molecule has 1 saturated heterocycles. The van der Waals surface area contributed by atoms with Crippen molar-refractivity contribution in [1.29, 1.82) is 5.26 Å². The van der Waals surface area contributed by atoms with Crippen LogP contribution in [-0.2, 0) is 0 Å². The number of nitriles is 1. The van der Waals surface area contributed by atoms with Crippen molar-refractivity contribution in [2.75, 3.05) is 24.6 Å². The Bertz CT molecular complexity index is 860. The van der Waals surface area contributed by atoms with E-state index in [1.54, 1.807) is 13.0 Å². The second kappa shape index (κ2) is 8.05. The predicted molar refractivity (Wildman–Crippen MR) is 100 cm³/mol. The van der Waals surface area contributed by atoms with Gasteiger partial charge in [0.25, 0.3) is 0 Å². The van der Waals surface area contributed by atoms with Gasteiger partial charge >= 0.3 is 0 Å². The molecular formula is C20H23FN6O. The Kier molecular flexibility index (Phi) is 5.33. The third-order valence-electron chi connectivity index (χ3n) is 5.68. The highest BCUT2D eigenvalue weighted by Crippen LogP contribution is 2.49. The van der Waals surface area contributed by atoms with Gasteiger partial charge in [-0.15, -0.1) is 0 Å². The maximum atomic E-state index is 13.0. The van der Waals surface area contributed by atoms with Crippen LogP contribution in [0.4, 0.5) is 10.3 Å². The van der Waals surface area contributed by atoms with E-state index in [0.717, 1.165) is 44.2 Å². The molecule has 2 fully saturated rings. The first-order valence-electron chi connectivity index (χ1n) is 9.73. The molecule has 146 valence electrons.